The molecule has 0 amide bonds. The van der Waals surface area contributed by atoms with Gasteiger partial charge < -0.3 is 5.32 Å². The van der Waals surface area contributed by atoms with E-state index in [1.807, 2.05) is 13.0 Å². The molecule has 0 aliphatic rings. The quantitative estimate of drug-likeness (QED) is 0.744. The van der Waals surface area contributed by atoms with E-state index in [4.69, 9.17) is 0 Å². The second-order valence-corrected chi connectivity index (χ2v) is 3.67. The highest BCUT2D eigenvalue weighted by Gasteiger charge is 1.96. The molecule has 2 heteroatoms. The Morgan fingerprint density at radius 1 is 1.33 bits per heavy atom. The van der Waals surface area contributed by atoms with Crippen molar-refractivity contribution in [3.8, 4) is 0 Å². The molecule has 0 heterocycles. The Hall–Kier alpha value is -1.57. The Morgan fingerprint density at radius 2 is 1.93 bits per heavy atom. The van der Waals surface area contributed by atoms with E-state index in [2.05, 4.69) is 49.1 Å². The van der Waals surface area contributed by atoms with Gasteiger partial charge in [0, 0.05) is 5.69 Å². The van der Waals surface area contributed by atoms with Crippen LogP contribution in [-0.4, -0.2) is 13.3 Å². The molecule has 1 aromatic rings. The summed E-state index contributed by atoms with van der Waals surface area (Å²) in [6.45, 7) is 10.4. The summed E-state index contributed by atoms with van der Waals surface area (Å²) in [4.78, 5) is 3.92. The summed E-state index contributed by atoms with van der Waals surface area (Å²) in [6, 6.07) is 6.42. The van der Waals surface area contributed by atoms with Gasteiger partial charge in [0.05, 0.1) is 12.2 Å². The molecule has 0 spiro atoms. The molecule has 0 atom stereocenters. The minimum atomic E-state index is 0.725. The summed E-state index contributed by atoms with van der Waals surface area (Å²) in [6.07, 6.45) is 1.96. The van der Waals surface area contributed by atoms with Gasteiger partial charge in [0.1, 0.15) is 0 Å². The molecule has 1 aromatic carbocycles. The zero-order valence-electron chi connectivity index (χ0n) is 9.67. The summed E-state index contributed by atoms with van der Waals surface area (Å²) < 4.78 is 0. The van der Waals surface area contributed by atoms with Gasteiger partial charge in [0.2, 0.25) is 0 Å². The number of anilines is 1. The fourth-order valence-electron chi connectivity index (χ4n) is 1.52. The topological polar surface area (TPSA) is 24.4 Å². The normalized spacial score (nSPS) is 11.3. The molecule has 0 aliphatic carbocycles. The fourth-order valence-corrected chi connectivity index (χ4v) is 1.52. The van der Waals surface area contributed by atoms with Gasteiger partial charge in [0.15, 0.2) is 0 Å². The molecule has 15 heavy (non-hydrogen) atoms. The first kappa shape index (κ1) is 11.5. The molecule has 0 aliphatic heterocycles. The number of nitrogens with one attached hydrogen (secondary N) is 1. The lowest BCUT2D eigenvalue weighted by Crippen LogP contribution is -2.03. The molecule has 1 N–H and O–H groups in total. The molecule has 0 aromatic heterocycles. The molecule has 80 valence electrons. The van der Waals surface area contributed by atoms with Crippen molar-refractivity contribution in [1.82, 2.24) is 0 Å². The van der Waals surface area contributed by atoms with Crippen LogP contribution in [0.5, 0.6) is 0 Å². The molecule has 0 radical (unpaired) electrons. The van der Waals surface area contributed by atoms with Gasteiger partial charge >= 0.3 is 0 Å². The zero-order chi connectivity index (χ0) is 11.3. The largest absolute Gasteiger partial charge is 0.379 e. The van der Waals surface area contributed by atoms with Gasteiger partial charge in [-0.1, -0.05) is 12.1 Å². The van der Waals surface area contributed by atoms with Crippen LogP contribution < -0.4 is 5.32 Å². The van der Waals surface area contributed by atoms with Crippen molar-refractivity contribution in [3.63, 3.8) is 0 Å². The molecule has 0 unspecified atom stereocenters. The van der Waals surface area contributed by atoms with Crippen molar-refractivity contribution in [3.05, 3.63) is 41.1 Å². The Labute approximate surface area is 91.7 Å². The van der Waals surface area contributed by atoms with E-state index in [9.17, 15) is 0 Å². The van der Waals surface area contributed by atoms with Crippen LogP contribution in [0.4, 0.5) is 5.69 Å². The van der Waals surface area contributed by atoms with Gasteiger partial charge in [-0.05, 0) is 50.7 Å². The van der Waals surface area contributed by atoms with Crippen molar-refractivity contribution in [2.24, 2.45) is 4.99 Å². The number of aryl methyl sites for hydroxylation is 2. The molecule has 2 nitrogen and oxygen atoms in total. The number of nitrogens with zero attached hydrogens (tertiary/aromatic N) is 1. The van der Waals surface area contributed by atoms with Crippen LogP contribution in [0.1, 0.15) is 18.1 Å². The van der Waals surface area contributed by atoms with Crippen LogP contribution in [0.25, 0.3) is 0 Å². The summed E-state index contributed by atoms with van der Waals surface area (Å²) in [5.41, 5.74) is 4.64. The van der Waals surface area contributed by atoms with Crippen LogP contribution in [0.3, 0.4) is 0 Å². The van der Waals surface area contributed by atoms with E-state index < -0.39 is 0 Å². The lowest BCUT2D eigenvalue weighted by molar-refractivity contribution is 1.16. The fraction of sp³-hybridized carbons (Fsp3) is 0.308. The SMILES string of the molecule is C=N/C(=C\C)CNc1cc(C)cc(C)c1. The van der Waals surface area contributed by atoms with E-state index >= 15 is 0 Å². The van der Waals surface area contributed by atoms with Crippen molar-refractivity contribution < 1.29 is 0 Å². The zero-order valence-corrected chi connectivity index (χ0v) is 9.67. The smallest absolute Gasteiger partial charge is 0.0569 e. The summed E-state index contributed by atoms with van der Waals surface area (Å²) in [7, 11) is 0. The third kappa shape index (κ3) is 3.58. The van der Waals surface area contributed by atoms with E-state index in [0.717, 1.165) is 17.9 Å². The minimum absolute atomic E-state index is 0.725. The monoisotopic (exact) mass is 202 g/mol. The number of aliphatic imine (C=N–C) groups is 1. The Morgan fingerprint density at radius 3 is 2.40 bits per heavy atom. The maximum absolute atomic E-state index is 3.92. The van der Waals surface area contributed by atoms with Crippen molar-refractivity contribution in [2.45, 2.75) is 20.8 Å². The van der Waals surface area contributed by atoms with Crippen LogP contribution in [0.2, 0.25) is 0 Å². The Bertz CT molecular complexity index is 358. The maximum Gasteiger partial charge on any atom is 0.0569 e. The van der Waals surface area contributed by atoms with Crippen LogP contribution >= 0.6 is 0 Å². The predicted octanol–water partition coefficient (Wildman–Crippen LogP) is 3.32. The Kier molecular flexibility index (Phi) is 4.10. The molecule has 0 fully saturated rings. The second-order valence-electron chi connectivity index (χ2n) is 3.67. The summed E-state index contributed by atoms with van der Waals surface area (Å²) in [5, 5.41) is 3.33. The average Bonchev–Trinajstić information content (AvgIpc) is 2.18. The van der Waals surface area contributed by atoms with Crippen molar-refractivity contribution >= 4 is 12.4 Å². The first-order valence-corrected chi connectivity index (χ1v) is 5.10. The lowest BCUT2D eigenvalue weighted by Gasteiger charge is -2.08. The van der Waals surface area contributed by atoms with E-state index in [-0.39, 0.29) is 0 Å². The van der Waals surface area contributed by atoms with Crippen LogP contribution in [0.15, 0.2) is 35.0 Å². The first-order valence-electron chi connectivity index (χ1n) is 5.10. The molecule has 0 bridgehead atoms. The third-order valence-electron chi connectivity index (χ3n) is 2.23. The number of rotatable bonds is 4. The van der Waals surface area contributed by atoms with Gasteiger partial charge in [-0.15, -0.1) is 0 Å². The average molecular weight is 202 g/mol. The van der Waals surface area contributed by atoms with E-state index in [1.165, 1.54) is 11.1 Å². The first-order chi connectivity index (χ1) is 7.15. The number of hydrogen-bond acceptors (Lipinski definition) is 2. The molecular weight excluding hydrogens is 184 g/mol. The predicted molar refractivity (Wildman–Crippen MR) is 67.7 cm³/mol. The van der Waals surface area contributed by atoms with Gasteiger partial charge in [-0.25, -0.2) is 0 Å². The van der Waals surface area contributed by atoms with Gasteiger partial charge in [-0.3, -0.25) is 4.99 Å². The maximum atomic E-state index is 3.92. The summed E-state index contributed by atoms with van der Waals surface area (Å²) in [5.74, 6) is 0. The van der Waals surface area contributed by atoms with E-state index in [1.54, 1.807) is 0 Å². The second kappa shape index (κ2) is 5.35. The lowest BCUT2D eigenvalue weighted by atomic mass is 10.1. The minimum Gasteiger partial charge on any atom is -0.379 e. The third-order valence-corrected chi connectivity index (χ3v) is 2.23. The molecule has 0 saturated carbocycles. The van der Waals surface area contributed by atoms with Crippen LogP contribution in [-0.2, 0) is 0 Å². The highest BCUT2D eigenvalue weighted by molar-refractivity contribution is 5.49. The number of benzene rings is 1. The van der Waals surface area contributed by atoms with Crippen LogP contribution in [0, 0.1) is 13.8 Å². The van der Waals surface area contributed by atoms with Crippen molar-refractivity contribution in [2.75, 3.05) is 11.9 Å². The van der Waals surface area contributed by atoms with Crippen molar-refractivity contribution in [1.29, 1.82) is 0 Å². The highest BCUT2D eigenvalue weighted by Crippen LogP contribution is 2.14. The standard InChI is InChI=1S/C13H18N2/c1-5-12(14-4)9-15-13-7-10(2)6-11(3)8-13/h5-8,15H,4,9H2,1-3H3/b12-5-. The number of allylic oxidation sites excluding steroid dienone is 1. The highest BCUT2D eigenvalue weighted by atomic mass is 14.9. The number of hydrogen-bond donors (Lipinski definition) is 1. The van der Waals surface area contributed by atoms with E-state index in [0.29, 0.717) is 0 Å². The Balaban J connectivity index is 2.69. The molecular formula is C13H18N2. The molecule has 0 saturated heterocycles. The molecule has 1 rings (SSSR count). The summed E-state index contributed by atoms with van der Waals surface area (Å²) >= 11 is 0. The van der Waals surface area contributed by atoms with Gasteiger partial charge in [-0.2, -0.15) is 0 Å². The van der Waals surface area contributed by atoms with Gasteiger partial charge in [0.25, 0.3) is 0 Å².